The fourth-order valence-electron chi connectivity index (χ4n) is 1.87. The molecule has 0 saturated heterocycles. The maximum atomic E-state index is 11.4. The molecule has 2 rings (SSSR count). The van der Waals surface area contributed by atoms with Crippen LogP contribution in [0.1, 0.15) is 5.56 Å². The average Bonchev–Trinajstić information content (AvgIpc) is 2.21. The second kappa shape index (κ2) is 5.29. The van der Waals surface area contributed by atoms with Crippen LogP contribution in [-0.4, -0.2) is 29.3 Å². The summed E-state index contributed by atoms with van der Waals surface area (Å²) in [5.74, 6) is -0.428. The van der Waals surface area contributed by atoms with E-state index in [4.69, 9.17) is 8.60 Å². The van der Waals surface area contributed by atoms with E-state index in [1.165, 1.54) is 6.07 Å². The van der Waals surface area contributed by atoms with Gasteiger partial charge in [0.2, 0.25) is 0 Å². The molecule has 10 heteroatoms. The van der Waals surface area contributed by atoms with Crippen molar-refractivity contribution in [3.63, 3.8) is 0 Å². The van der Waals surface area contributed by atoms with Gasteiger partial charge in [0.25, 0.3) is 0 Å². The number of hydrogen-bond donors (Lipinski definition) is 0. The SMILES string of the molecule is Cc1cc(=O)oc2cc(OS(C)(=O)=O)cc(OS(C)(=O)=O)c12. The van der Waals surface area contributed by atoms with Crippen LogP contribution in [0.2, 0.25) is 0 Å². The summed E-state index contributed by atoms with van der Waals surface area (Å²) in [7, 11) is -7.73. The Morgan fingerprint density at radius 2 is 1.55 bits per heavy atom. The van der Waals surface area contributed by atoms with Crippen molar-refractivity contribution < 1.29 is 29.6 Å². The zero-order valence-corrected chi connectivity index (χ0v) is 13.4. The van der Waals surface area contributed by atoms with Gasteiger partial charge in [-0.1, -0.05) is 0 Å². The molecule has 8 nitrogen and oxygen atoms in total. The van der Waals surface area contributed by atoms with Crippen molar-refractivity contribution in [2.45, 2.75) is 6.92 Å². The number of aryl methyl sites for hydroxylation is 1. The first-order valence-electron chi connectivity index (χ1n) is 5.82. The molecule has 1 aromatic heterocycles. The van der Waals surface area contributed by atoms with E-state index in [0.717, 1.165) is 24.6 Å². The Morgan fingerprint density at radius 1 is 0.955 bits per heavy atom. The number of rotatable bonds is 4. The van der Waals surface area contributed by atoms with Crippen molar-refractivity contribution in [3.05, 3.63) is 34.2 Å². The Hall–Kier alpha value is -2.07. The Morgan fingerprint density at radius 3 is 2.09 bits per heavy atom. The molecule has 0 N–H and O–H groups in total. The highest BCUT2D eigenvalue weighted by atomic mass is 32.2. The van der Waals surface area contributed by atoms with Crippen LogP contribution in [-0.2, 0) is 20.2 Å². The highest BCUT2D eigenvalue weighted by Gasteiger charge is 2.17. The molecule has 2 aromatic rings. The maximum Gasteiger partial charge on any atom is 0.336 e. The molecule has 0 fully saturated rings. The fourth-order valence-corrected chi connectivity index (χ4v) is 2.78. The predicted octanol–water partition coefficient (Wildman–Crippen LogP) is 0.778. The van der Waals surface area contributed by atoms with Gasteiger partial charge in [0.1, 0.15) is 11.3 Å². The molecule has 0 aliphatic carbocycles. The van der Waals surface area contributed by atoms with E-state index in [0.29, 0.717) is 5.56 Å². The molecule has 0 saturated carbocycles. The first kappa shape index (κ1) is 16.3. The van der Waals surface area contributed by atoms with Crippen LogP contribution < -0.4 is 14.0 Å². The molecule has 0 bridgehead atoms. The molecule has 0 aliphatic heterocycles. The number of fused-ring (bicyclic) bond motifs is 1. The average molecular weight is 348 g/mol. The third kappa shape index (κ3) is 3.98. The summed E-state index contributed by atoms with van der Waals surface area (Å²) in [6, 6.07) is 3.42. The predicted molar refractivity (Wildman–Crippen MR) is 78.2 cm³/mol. The van der Waals surface area contributed by atoms with E-state index >= 15 is 0 Å². The molecule has 0 amide bonds. The molecule has 0 spiro atoms. The summed E-state index contributed by atoms with van der Waals surface area (Å²) in [5, 5.41) is 0.228. The quantitative estimate of drug-likeness (QED) is 0.588. The molecular weight excluding hydrogens is 336 g/mol. The van der Waals surface area contributed by atoms with Crippen molar-refractivity contribution in [1.29, 1.82) is 0 Å². The van der Waals surface area contributed by atoms with E-state index in [2.05, 4.69) is 4.18 Å². The van der Waals surface area contributed by atoms with E-state index in [-0.39, 0.29) is 22.5 Å². The third-order valence-electron chi connectivity index (χ3n) is 2.47. The van der Waals surface area contributed by atoms with Crippen LogP contribution in [0.3, 0.4) is 0 Å². The largest absolute Gasteiger partial charge is 0.422 e. The zero-order chi connectivity index (χ0) is 16.7. The number of hydrogen-bond acceptors (Lipinski definition) is 8. The zero-order valence-electron chi connectivity index (χ0n) is 11.8. The Balaban J connectivity index is 2.80. The Labute approximate surface area is 126 Å². The second-order valence-corrected chi connectivity index (χ2v) is 7.77. The molecule has 1 aromatic carbocycles. The van der Waals surface area contributed by atoms with Gasteiger partial charge in [0.15, 0.2) is 5.75 Å². The lowest BCUT2D eigenvalue weighted by molar-refractivity contribution is 0.482. The lowest BCUT2D eigenvalue weighted by atomic mass is 10.1. The van der Waals surface area contributed by atoms with Crippen LogP contribution in [0.15, 0.2) is 27.4 Å². The minimum atomic E-state index is -3.88. The van der Waals surface area contributed by atoms with Crippen LogP contribution >= 0.6 is 0 Å². The van der Waals surface area contributed by atoms with Gasteiger partial charge in [-0.25, -0.2) is 4.79 Å². The topological polar surface area (TPSA) is 117 Å². The van der Waals surface area contributed by atoms with Crippen molar-refractivity contribution in [2.24, 2.45) is 0 Å². The minimum absolute atomic E-state index is 0.0511. The first-order valence-corrected chi connectivity index (χ1v) is 9.45. The smallest absolute Gasteiger partial charge is 0.336 e. The summed E-state index contributed by atoms with van der Waals surface area (Å²) in [6.07, 6.45) is 1.65. The van der Waals surface area contributed by atoms with E-state index in [9.17, 15) is 21.6 Å². The van der Waals surface area contributed by atoms with Gasteiger partial charge < -0.3 is 12.8 Å². The molecule has 0 atom stereocenters. The molecule has 0 radical (unpaired) electrons. The molecule has 0 unspecified atom stereocenters. The molecule has 22 heavy (non-hydrogen) atoms. The monoisotopic (exact) mass is 348 g/mol. The van der Waals surface area contributed by atoms with Crippen molar-refractivity contribution in [2.75, 3.05) is 12.5 Å². The van der Waals surface area contributed by atoms with Crippen LogP contribution in [0, 0.1) is 6.92 Å². The second-order valence-electron chi connectivity index (χ2n) is 4.62. The minimum Gasteiger partial charge on any atom is -0.422 e. The maximum absolute atomic E-state index is 11.4. The summed E-state index contributed by atoms with van der Waals surface area (Å²) in [4.78, 5) is 11.4. The van der Waals surface area contributed by atoms with Crippen molar-refractivity contribution >= 4 is 31.2 Å². The molecule has 120 valence electrons. The first-order chi connectivity index (χ1) is 9.94. The van der Waals surface area contributed by atoms with E-state index < -0.39 is 25.9 Å². The normalized spacial score (nSPS) is 12.3. The van der Waals surface area contributed by atoms with Crippen LogP contribution in [0.5, 0.6) is 11.5 Å². The van der Waals surface area contributed by atoms with Gasteiger partial charge in [-0.05, 0) is 12.5 Å². The highest BCUT2D eigenvalue weighted by molar-refractivity contribution is 7.86. The van der Waals surface area contributed by atoms with Crippen molar-refractivity contribution in [1.82, 2.24) is 0 Å². The lowest BCUT2D eigenvalue weighted by Gasteiger charge is -2.11. The van der Waals surface area contributed by atoms with Gasteiger partial charge in [-0.3, -0.25) is 0 Å². The molecular formula is C12H12O8S2. The van der Waals surface area contributed by atoms with Gasteiger partial charge in [0, 0.05) is 18.2 Å². The summed E-state index contributed by atoms with van der Waals surface area (Å²) >= 11 is 0. The Bertz CT molecular complexity index is 999. The van der Waals surface area contributed by atoms with E-state index in [1.54, 1.807) is 6.92 Å². The summed E-state index contributed by atoms with van der Waals surface area (Å²) in [6.45, 7) is 1.56. The van der Waals surface area contributed by atoms with Gasteiger partial charge in [0.05, 0.1) is 17.9 Å². The lowest BCUT2D eigenvalue weighted by Crippen LogP contribution is -2.09. The summed E-state index contributed by atoms with van der Waals surface area (Å²) in [5.41, 5.74) is -0.313. The highest BCUT2D eigenvalue weighted by Crippen LogP contribution is 2.34. The van der Waals surface area contributed by atoms with E-state index in [1.807, 2.05) is 0 Å². The molecule has 1 heterocycles. The van der Waals surface area contributed by atoms with Crippen molar-refractivity contribution in [3.8, 4) is 11.5 Å². The van der Waals surface area contributed by atoms with Gasteiger partial charge >= 0.3 is 25.9 Å². The summed E-state index contributed by atoms with van der Waals surface area (Å²) < 4.78 is 59.5. The third-order valence-corrected chi connectivity index (χ3v) is 3.45. The fraction of sp³-hybridized carbons (Fsp3) is 0.250. The van der Waals surface area contributed by atoms with Crippen LogP contribution in [0.25, 0.3) is 11.0 Å². The Kier molecular flexibility index (Phi) is 3.92. The standard InChI is InChI=1S/C12H12O8S2/c1-7-4-11(13)18-9-5-8(19-21(2,14)15)6-10(12(7)9)20-22(3,16)17/h4-6H,1-3H3. The number of benzene rings is 1. The van der Waals surface area contributed by atoms with Crippen LogP contribution in [0.4, 0.5) is 0 Å². The van der Waals surface area contributed by atoms with Gasteiger partial charge in [-0.2, -0.15) is 16.8 Å². The molecule has 0 aliphatic rings. The van der Waals surface area contributed by atoms with Gasteiger partial charge in [-0.15, -0.1) is 0 Å².